The van der Waals surface area contributed by atoms with Crippen molar-refractivity contribution in [2.75, 3.05) is 19.7 Å². The van der Waals surface area contributed by atoms with Gasteiger partial charge < -0.3 is 15.8 Å². The van der Waals surface area contributed by atoms with Crippen LogP contribution in [-0.2, 0) is 6.42 Å². The van der Waals surface area contributed by atoms with Crippen LogP contribution < -0.4 is 15.8 Å². The zero-order chi connectivity index (χ0) is 15.3. The van der Waals surface area contributed by atoms with Crippen molar-refractivity contribution in [3.63, 3.8) is 0 Å². The molecule has 21 heavy (non-hydrogen) atoms. The van der Waals surface area contributed by atoms with Crippen molar-refractivity contribution < 1.29 is 4.74 Å². The number of hydrogen-bond acceptors (Lipinski definition) is 2. The molecule has 0 unspecified atom stereocenters. The molecule has 0 heterocycles. The minimum Gasteiger partial charge on any atom is -0.494 e. The summed E-state index contributed by atoms with van der Waals surface area (Å²) >= 11 is 0. The Hall–Kier alpha value is -1.71. The molecule has 4 nitrogen and oxygen atoms in total. The number of hydrogen-bond donors (Lipinski definition) is 2. The summed E-state index contributed by atoms with van der Waals surface area (Å²) in [6, 6.07) is 8.17. The SMILES string of the molecule is CCCCCCN=C(N)NCCc1cccc(OCC)c1. The molecule has 0 aliphatic rings. The van der Waals surface area contributed by atoms with Crippen LogP contribution in [0.3, 0.4) is 0 Å². The molecule has 0 aromatic heterocycles. The summed E-state index contributed by atoms with van der Waals surface area (Å²) in [7, 11) is 0. The summed E-state index contributed by atoms with van der Waals surface area (Å²) in [5.41, 5.74) is 7.08. The molecule has 3 N–H and O–H groups in total. The molecular formula is C17H29N3O. The molecule has 4 heteroatoms. The molecule has 1 aromatic rings. The highest BCUT2D eigenvalue weighted by Crippen LogP contribution is 2.13. The maximum absolute atomic E-state index is 5.84. The highest BCUT2D eigenvalue weighted by atomic mass is 16.5. The highest BCUT2D eigenvalue weighted by Gasteiger charge is 1.97. The lowest BCUT2D eigenvalue weighted by Gasteiger charge is -2.08. The Bertz CT molecular complexity index is 418. The van der Waals surface area contributed by atoms with Crippen LogP contribution in [0.4, 0.5) is 0 Å². The van der Waals surface area contributed by atoms with Gasteiger partial charge in [-0.2, -0.15) is 0 Å². The Kier molecular flexibility index (Phi) is 9.09. The number of aliphatic imine (C=N–C) groups is 1. The number of guanidine groups is 1. The lowest BCUT2D eigenvalue weighted by Crippen LogP contribution is -2.33. The fourth-order valence-electron chi connectivity index (χ4n) is 2.09. The van der Waals surface area contributed by atoms with E-state index >= 15 is 0 Å². The Morgan fingerprint density at radius 3 is 2.86 bits per heavy atom. The van der Waals surface area contributed by atoms with Gasteiger partial charge in [0.25, 0.3) is 0 Å². The second-order valence-corrected chi connectivity index (χ2v) is 5.08. The minimum absolute atomic E-state index is 0.549. The number of nitrogens with one attached hydrogen (secondary N) is 1. The van der Waals surface area contributed by atoms with Gasteiger partial charge in [0.05, 0.1) is 6.61 Å². The summed E-state index contributed by atoms with van der Waals surface area (Å²) in [4.78, 5) is 4.33. The highest BCUT2D eigenvalue weighted by molar-refractivity contribution is 5.77. The molecule has 0 atom stereocenters. The second-order valence-electron chi connectivity index (χ2n) is 5.08. The van der Waals surface area contributed by atoms with Gasteiger partial charge in [0.1, 0.15) is 5.75 Å². The molecule has 1 aromatic carbocycles. The number of nitrogens with two attached hydrogens (primary N) is 1. The quantitative estimate of drug-likeness (QED) is 0.395. The van der Waals surface area contributed by atoms with Gasteiger partial charge in [-0.15, -0.1) is 0 Å². The van der Waals surface area contributed by atoms with Crippen molar-refractivity contribution in [2.24, 2.45) is 10.7 Å². The standard InChI is InChI=1S/C17H29N3O/c1-3-5-6-7-12-19-17(18)20-13-11-15-9-8-10-16(14-15)21-4-2/h8-10,14H,3-7,11-13H2,1-2H3,(H3,18,19,20). The maximum Gasteiger partial charge on any atom is 0.188 e. The zero-order valence-corrected chi connectivity index (χ0v) is 13.4. The van der Waals surface area contributed by atoms with Crippen molar-refractivity contribution in [3.8, 4) is 5.75 Å². The first-order valence-electron chi connectivity index (χ1n) is 8.01. The van der Waals surface area contributed by atoms with E-state index in [0.29, 0.717) is 12.6 Å². The molecule has 0 amide bonds. The van der Waals surface area contributed by atoms with E-state index in [2.05, 4.69) is 29.4 Å². The van der Waals surface area contributed by atoms with Crippen LogP contribution in [-0.4, -0.2) is 25.7 Å². The fourth-order valence-corrected chi connectivity index (χ4v) is 2.09. The third kappa shape index (κ3) is 8.23. The van der Waals surface area contributed by atoms with Gasteiger partial charge >= 0.3 is 0 Å². The minimum atomic E-state index is 0.549. The van der Waals surface area contributed by atoms with Crippen molar-refractivity contribution in [1.29, 1.82) is 0 Å². The molecule has 0 saturated carbocycles. The van der Waals surface area contributed by atoms with Crippen molar-refractivity contribution in [3.05, 3.63) is 29.8 Å². The summed E-state index contributed by atoms with van der Waals surface area (Å²) < 4.78 is 5.49. The van der Waals surface area contributed by atoms with Crippen LogP contribution in [0.2, 0.25) is 0 Å². The van der Waals surface area contributed by atoms with Crippen LogP contribution in [0, 0.1) is 0 Å². The Morgan fingerprint density at radius 1 is 1.24 bits per heavy atom. The van der Waals surface area contributed by atoms with Gasteiger partial charge in [-0.3, -0.25) is 4.99 Å². The number of nitrogens with zero attached hydrogens (tertiary/aromatic N) is 1. The molecule has 0 spiro atoms. The van der Waals surface area contributed by atoms with Gasteiger partial charge in [0.2, 0.25) is 0 Å². The number of benzene rings is 1. The van der Waals surface area contributed by atoms with Crippen molar-refractivity contribution in [1.82, 2.24) is 5.32 Å². The van der Waals surface area contributed by atoms with E-state index in [0.717, 1.165) is 31.7 Å². The molecule has 118 valence electrons. The van der Waals surface area contributed by atoms with Crippen LogP contribution in [0.1, 0.15) is 45.1 Å². The normalized spacial score (nSPS) is 11.4. The van der Waals surface area contributed by atoms with E-state index in [-0.39, 0.29) is 0 Å². The van der Waals surface area contributed by atoms with E-state index in [1.165, 1.54) is 24.8 Å². The first-order chi connectivity index (χ1) is 10.3. The van der Waals surface area contributed by atoms with E-state index in [4.69, 9.17) is 10.5 Å². The van der Waals surface area contributed by atoms with Crippen LogP contribution in [0.5, 0.6) is 5.75 Å². The molecule has 0 aliphatic carbocycles. The van der Waals surface area contributed by atoms with E-state index in [1.54, 1.807) is 0 Å². The predicted molar refractivity (Wildman–Crippen MR) is 89.9 cm³/mol. The van der Waals surface area contributed by atoms with Crippen molar-refractivity contribution >= 4 is 5.96 Å². The molecule has 0 radical (unpaired) electrons. The van der Waals surface area contributed by atoms with Gasteiger partial charge in [0, 0.05) is 13.1 Å². The van der Waals surface area contributed by atoms with Crippen LogP contribution in [0.15, 0.2) is 29.3 Å². The monoisotopic (exact) mass is 291 g/mol. The fraction of sp³-hybridized carbons (Fsp3) is 0.588. The third-order valence-corrected chi connectivity index (χ3v) is 3.22. The maximum atomic E-state index is 5.84. The lowest BCUT2D eigenvalue weighted by molar-refractivity contribution is 0.340. The van der Waals surface area contributed by atoms with E-state index in [1.807, 2.05) is 19.1 Å². The van der Waals surface area contributed by atoms with Gasteiger partial charge in [-0.1, -0.05) is 38.3 Å². The Morgan fingerprint density at radius 2 is 2.10 bits per heavy atom. The molecule has 0 bridgehead atoms. The molecule has 0 saturated heterocycles. The number of unbranched alkanes of at least 4 members (excludes halogenated alkanes) is 3. The molecular weight excluding hydrogens is 262 g/mol. The molecule has 0 fully saturated rings. The first kappa shape index (κ1) is 17.3. The summed E-state index contributed by atoms with van der Waals surface area (Å²) in [6.07, 6.45) is 5.79. The number of ether oxygens (including phenoxy) is 1. The first-order valence-corrected chi connectivity index (χ1v) is 8.01. The lowest BCUT2D eigenvalue weighted by atomic mass is 10.1. The average molecular weight is 291 g/mol. The van der Waals surface area contributed by atoms with Crippen LogP contribution >= 0.6 is 0 Å². The van der Waals surface area contributed by atoms with E-state index in [9.17, 15) is 0 Å². The van der Waals surface area contributed by atoms with Gasteiger partial charge in [-0.25, -0.2) is 0 Å². The topological polar surface area (TPSA) is 59.6 Å². The Labute approximate surface area is 128 Å². The van der Waals surface area contributed by atoms with Gasteiger partial charge in [-0.05, 0) is 37.5 Å². The largest absolute Gasteiger partial charge is 0.494 e. The molecule has 0 aliphatic heterocycles. The third-order valence-electron chi connectivity index (χ3n) is 3.22. The summed E-state index contributed by atoms with van der Waals surface area (Å²) in [6.45, 7) is 6.50. The summed E-state index contributed by atoms with van der Waals surface area (Å²) in [5.74, 6) is 1.47. The van der Waals surface area contributed by atoms with Crippen molar-refractivity contribution in [2.45, 2.75) is 46.0 Å². The average Bonchev–Trinajstić information content (AvgIpc) is 2.48. The number of rotatable bonds is 10. The Balaban J connectivity index is 2.22. The smallest absolute Gasteiger partial charge is 0.188 e. The van der Waals surface area contributed by atoms with E-state index < -0.39 is 0 Å². The van der Waals surface area contributed by atoms with Crippen LogP contribution in [0.25, 0.3) is 0 Å². The second kappa shape index (κ2) is 11.0. The zero-order valence-electron chi connectivity index (χ0n) is 13.4. The van der Waals surface area contributed by atoms with Gasteiger partial charge in [0.15, 0.2) is 5.96 Å². The predicted octanol–water partition coefficient (Wildman–Crippen LogP) is 3.11. The molecule has 1 rings (SSSR count). The summed E-state index contributed by atoms with van der Waals surface area (Å²) in [5, 5.41) is 3.16.